The van der Waals surface area contributed by atoms with Crippen molar-refractivity contribution in [3.05, 3.63) is 17.0 Å². The molecule has 0 spiro atoms. The zero-order valence-electron chi connectivity index (χ0n) is 11.9. The molecule has 1 fully saturated rings. The summed E-state index contributed by atoms with van der Waals surface area (Å²) in [6.45, 7) is 7.25. The number of nitrogens with zero attached hydrogens (tertiary/aromatic N) is 2. The highest BCUT2D eigenvalue weighted by Gasteiger charge is 2.26. The summed E-state index contributed by atoms with van der Waals surface area (Å²) in [6.07, 6.45) is 3.16. The molecule has 1 heterocycles. The van der Waals surface area contributed by atoms with Crippen molar-refractivity contribution in [3.8, 4) is 0 Å². The lowest BCUT2D eigenvalue weighted by Gasteiger charge is -2.20. The number of aromatic nitrogens is 2. The lowest BCUT2D eigenvalue weighted by atomic mass is 10.0. The van der Waals surface area contributed by atoms with Gasteiger partial charge in [0.25, 0.3) is 0 Å². The Balaban J connectivity index is 1.97. The molecule has 18 heavy (non-hydrogen) atoms. The molecule has 0 aliphatic heterocycles. The molecule has 1 saturated carbocycles. The van der Waals surface area contributed by atoms with Gasteiger partial charge in [0.1, 0.15) is 0 Å². The number of rotatable bonds is 4. The molecule has 1 aliphatic carbocycles. The van der Waals surface area contributed by atoms with Gasteiger partial charge in [-0.1, -0.05) is 6.42 Å². The molecule has 0 bridgehead atoms. The topological polar surface area (TPSA) is 50.1 Å². The van der Waals surface area contributed by atoms with Gasteiger partial charge in [-0.15, -0.1) is 0 Å². The van der Waals surface area contributed by atoms with E-state index in [1.807, 2.05) is 11.7 Å². The quantitative estimate of drug-likeness (QED) is 0.858. The molecular formula is C14H25N3O. The van der Waals surface area contributed by atoms with Crippen molar-refractivity contribution in [2.24, 2.45) is 13.0 Å². The van der Waals surface area contributed by atoms with Gasteiger partial charge < -0.3 is 10.4 Å². The lowest BCUT2D eigenvalue weighted by molar-refractivity contribution is 0.130. The van der Waals surface area contributed by atoms with E-state index >= 15 is 0 Å². The predicted octanol–water partition coefficient (Wildman–Crippen LogP) is 1.85. The van der Waals surface area contributed by atoms with E-state index in [0.29, 0.717) is 12.0 Å². The van der Waals surface area contributed by atoms with Crippen LogP contribution in [0.2, 0.25) is 0 Å². The van der Waals surface area contributed by atoms with Gasteiger partial charge in [0, 0.05) is 30.9 Å². The van der Waals surface area contributed by atoms with Crippen LogP contribution in [0.15, 0.2) is 0 Å². The number of nitrogens with one attached hydrogen (secondary N) is 1. The Bertz CT molecular complexity index is 413. The molecule has 0 saturated heterocycles. The van der Waals surface area contributed by atoms with E-state index in [2.05, 4.69) is 31.2 Å². The Hall–Kier alpha value is -0.870. The van der Waals surface area contributed by atoms with E-state index < -0.39 is 0 Å². The fourth-order valence-electron chi connectivity index (χ4n) is 3.10. The third kappa shape index (κ3) is 2.59. The molecule has 1 aromatic heterocycles. The highest BCUT2D eigenvalue weighted by atomic mass is 16.3. The molecule has 1 aliphatic rings. The molecule has 3 atom stereocenters. The van der Waals surface area contributed by atoms with Crippen molar-refractivity contribution in [1.29, 1.82) is 0 Å². The predicted molar refractivity (Wildman–Crippen MR) is 72.4 cm³/mol. The first-order valence-corrected chi connectivity index (χ1v) is 6.92. The second kappa shape index (κ2) is 5.41. The molecular weight excluding hydrogens is 226 g/mol. The van der Waals surface area contributed by atoms with Gasteiger partial charge >= 0.3 is 0 Å². The summed E-state index contributed by atoms with van der Waals surface area (Å²) < 4.78 is 1.94. The molecule has 0 radical (unpaired) electrons. The standard InChI is InChI=1S/C14H25N3O/c1-9(14-10(2)16-17(4)11(14)3)15-8-12-6-5-7-13(12)18/h9,12-13,15,18H,5-8H2,1-4H3. The highest BCUT2D eigenvalue weighted by Crippen LogP contribution is 2.26. The number of aliphatic hydroxyl groups excluding tert-OH is 1. The first-order chi connectivity index (χ1) is 8.50. The fraction of sp³-hybridized carbons (Fsp3) is 0.786. The molecule has 0 aromatic carbocycles. The van der Waals surface area contributed by atoms with Crippen molar-refractivity contribution in [3.63, 3.8) is 0 Å². The van der Waals surface area contributed by atoms with Crippen LogP contribution in [0.1, 0.15) is 49.2 Å². The molecule has 0 amide bonds. The maximum atomic E-state index is 9.83. The Morgan fingerprint density at radius 2 is 2.17 bits per heavy atom. The number of aryl methyl sites for hydroxylation is 2. The third-order valence-corrected chi connectivity index (χ3v) is 4.30. The van der Waals surface area contributed by atoms with Crippen molar-refractivity contribution in [2.75, 3.05) is 6.54 Å². The SMILES string of the molecule is Cc1nn(C)c(C)c1C(C)NCC1CCCC1O. The molecule has 102 valence electrons. The van der Waals surface area contributed by atoms with Crippen LogP contribution in [0.5, 0.6) is 0 Å². The van der Waals surface area contributed by atoms with Crippen LogP contribution in [0, 0.1) is 19.8 Å². The van der Waals surface area contributed by atoms with Gasteiger partial charge in [0.05, 0.1) is 11.8 Å². The maximum Gasteiger partial charge on any atom is 0.0644 e. The van der Waals surface area contributed by atoms with Crippen molar-refractivity contribution < 1.29 is 5.11 Å². The minimum absolute atomic E-state index is 0.110. The molecule has 3 unspecified atom stereocenters. The van der Waals surface area contributed by atoms with E-state index in [4.69, 9.17) is 0 Å². The van der Waals surface area contributed by atoms with E-state index in [1.165, 1.54) is 11.3 Å². The first kappa shape index (κ1) is 13.6. The summed E-state index contributed by atoms with van der Waals surface area (Å²) in [5, 5.41) is 17.8. The van der Waals surface area contributed by atoms with E-state index in [-0.39, 0.29) is 6.10 Å². The Morgan fingerprint density at radius 1 is 1.44 bits per heavy atom. The maximum absolute atomic E-state index is 9.83. The summed E-state index contributed by atoms with van der Waals surface area (Å²) in [5.41, 5.74) is 3.62. The largest absolute Gasteiger partial charge is 0.393 e. The highest BCUT2D eigenvalue weighted by molar-refractivity contribution is 5.27. The van der Waals surface area contributed by atoms with Gasteiger partial charge in [-0.2, -0.15) is 5.10 Å². The number of aliphatic hydroxyl groups is 1. The minimum atomic E-state index is -0.110. The van der Waals surface area contributed by atoms with Crippen molar-refractivity contribution in [1.82, 2.24) is 15.1 Å². The van der Waals surface area contributed by atoms with E-state index in [1.54, 1.807) is 0 Å². The van der Waals surface area contributed by atoms with Crippen LogP contribution in [0.25, 0.3) is 0 Å². The molecule has 4 heteroatoms. The normalized spacial score (nSPS) is 25.6. The van der Waals surface area contributed by atoms with Crippen molar-refractivity contribution in [2.45, 2.75) is 52.2 Å². The zero-order valence-corrected chi connectivity index (χ0v) is 11.9. The van der Waals surface area contributed by atoms with E-state index in [9.17, 15) is 5.11 Å². The molecule has 4 nitrogen and oxygen atoms in total. The van der Waals surface area contributed by atoms with Crippen LogP contribution in [-0.2, 0) is 7.05 Å². The van der Waals surface area contributed by atoms with Gasteiger partial charge in [-0.05, 0) is 39.5 Å². The smallest absolute Gasteiger partial charge is 0.0644 e. The Kier molecular flexibility index (Phi) is 4.07. The first-order valence-electron chi connectivity index (χ1n) is 6.92. The lowest BCUT2D eigenvalue weighted by Crippen LogP contribution is -2.30. The summed E-state index contributed by atoms with van der Waals surface area (Å²) in [4.78, 5) is 0. The van der Waals surface area contributed by atoms with Gasteiger partial charge in [0.15, 0.2) is 0 Å². The minimum Gasteiger partial charge on any atom is -0.393 e. The average molecular weight is 251 g/mol. The zero-order chi connectivity index (χ0) is 13.3. The Labute approximate surface area is 109 Å². The monoisotopic (exact) mass is 251 g/mol. The summed E-state index contributed by atoms with van der Waals surface area (Å²) in [5.74, 6) is 0.421. The van der Waals surface area contributed by atoms with Crippen LogP contribution in [-0.4, -0.2) is 27.5 Å². The molecule has 2 N–H and O–H groups in total. The summed E-state index contributed by atoms with van der Waals surface area (Å²) >= 11 is 0. The number of hydrogen-bond donors (Lipinski definition) is 2. The summed E-state index contributed by atoms with van der Waals surface area (Å²) in [6, 6.07) is 0.298. The van der Waals surface area contributed by atoms with Gasteiger partial charge in [-0.25, -0.2) is 0 Å². The second-order valence-corrected chi connectivity index (χ2v) is 5.60. The summed E-state index contributed by atoms with van der Waals surface area (Å²) in [7, 11) is 1.99. The van der Waals surface area contributed by atoms with Crippen LogP contribution < -0.4 is 5.32 Å². The van der Waals surface area contributed by atoms with Gasteiger partial charge in [-0.3, -0.25) is 4.68 Å². The van der Waals surface area contributed by atoms with Crippen molar-refractivity contribution >= 4 is 0 Å². The third-order valence-electron chi connectivity index (χ3n) is 4.30. The van der Waals surface area contributed by atoms with Crippen LogP contribution in [0.3, 0.4) is 0 Å². The van der Waals surface area contributed by atoms with Crippen LogP contribution >= 0.6 is 0 Å². The number of hydrogen-bond acceptors (Lipinski definition) is 3. The fourth-order valence-corrected chi connectivity index (χ4v) is 3.10. The van der Waals surface area contributed by atoms with Crippen LogP contribution in [0.4, 0.5) is 0 Å². The second-order valence-electron chi connectivity index (χ2n) is 5.60. The molecule has 1 aromatic rings. The molecule has 2 rings (SSSR count). The van der Waals surface area contributed by atoms with Gasteiger partial charge in [0.2, 0.25) is 0 Å². The van der Waals surface area contributed by atoms with E-state index in [0.717, 1.165) is 31.5 Å². The average Bonchev–Trinajstić information content (AvgIpc) is 2.81. The Morgan fingerprint density at radius 3 is 2.67 bits per heavy atom.